The van der Waals surface area contributed by atoms with Crippen molar-refractivity contribution >= 4 is 11.7 Å². The number of carbonyl (C=O) groups excluding carboxylic acids is 1. The molecule has 2 amide bonds. The molecule has 0 aliphatic carbocycles. The molecule has 1 aliphatic heterocycles. The van der Waals surface area contributed by atoms with Crippen LogP contribution in [0.1, 0.15) is 16.7 Å². The van der Waals surface area contributed by atoms with Gasteiger partial charge < -0.3 is 24.4 Å². The van der Waals surface area contributed by atoms with E-state index in [0.29, 0.717) is 44.4 Å². The van der Waals surface area contributed by atoms with Crippen molar-refractivity contribution < 1.29 is 32.2 Å². The molecule has 0 bridgehead atoms. The van der Waals surface area contributed by atoms with E-state index in [1.807, 2.05) is 42.5 Å². The Hall–Kier alpha value is -3.76. The summed E-state index contributed by atoms with van der Waals surface area (Å²) < 4.78 is 55.7. The lowest BCUT2D eigenvalue weighted by Gasteiger charge is -2.30. The average molecular weight is 544 g/mol. The molecule has 3 aromatic carbocycles. The van der Waals surface area contributed by atoms with Crippen molar-refractivity contribution in [1.29, 1.82) is 0 Å². The van der Waals surface area contributed by atoms with Crippen LogP contribution in [0.5, 0.6) is 11.5 Å². The summed E-state index contributed by atoms with van der Waals surface area (Å²) >= 11 is 0. The molecule has 0 atom stereocenters. The van der Waals surface area contributed by atoms with Gasteiger partial charge in [0.15, 0.2) is 11.5 Å². The molecule has 0 saturated carbocycles. The molecule has 1 fully saturated rings. The Morgan fingerprint density at radius 1 is 0.974 bits per heavy atom. The van der Waals surface area contributed by atoms with E-state index in [9.17, 15) is 18.0 Å². The molecule has 208 valence electrons. The number of nitrogens with zero attached hydrogens (tertiary/aromatic N) is 2. The van der Waals surface area contributed by atoms with Gasteiger partial charge in [0.2, 0.25) is 0 Å². The highest BCUT2D eigenvalue weighted by atomic mass is 19.4. The molecular weight excluding hydrogens is 511 g/mol. The maximum absolute atomic E-state index is 13.3. The number of ether oxygens (including phenoxy) is 3. The van der Waals surface area contributed by atoms with Gasteiger partial charge in [0, 0.05) is 38.4 Å². The van der Waals surface area contributed by atoms with Gasteiger partial charge in [-0.15, -0.1) is 0 Å². The van der Waals surface area contributed by atoms with Gasteiger partial charge in [-0.3, -0.25) is 4.90 Å². The third kappa shape index (κ3) is 8.36. The SMILES string of the molecule is COc1ccc(CN(CCN2CCOCC2)C(=O)Nc2ccc(C(F)(F)F)cc2)cc1OCc1ccccc1. The Kier molecular flexibility index (Phi) is 9.67. The van der Waals surface area contributed by atoms with Crippen LogP contribution in [0.2, 0.25) is 0 Å². The first-order valence-corrected chi connectivity index (χ1v) is 12.7. The van der Waals surface area contributed by atoms with Crippen LogP contribution in [0.3, 0.4) is 0 Å². The largest absolute Gasteiger partial charge is 0.493 e. The summed E-state index contributed by atoms with van der Waals surface area (Å²) in [6.07, 6.45) is -4.44. The summed E-state index contributed by atoms with van der Waals surface area (Å²) in [6.45, 7) is 4.49. The van der Waals surface area contributed by atoms with E-state index < -0.39 is 17.8 Å². The van der Waals surface area contributed by atoms with E-state index in [1.54, 1.807) is 18.1 Å². The van der Waals surface area contributed by atoms with Gasteiger partial charge >= 0.3 is 12.2 Å². The number of carbonyl (C=O) groups is 1. The highest BCUT2D eigenvalue weighted by molar-refractivity contribution is 5.89. The predicted molar refractivity (Wildman–Crippen MR) is 142 cm³/mol. The number of hydrogen-bond donors (Lipinski definition) is 1. The fourth-order valence-electron chi connectivity index (χ4n) is 4.17. The van der Waals surface area contributed by atoms with Crippen LogP contribution in [-0.2, 0) is 24.1 Å². The van der Waals surface area contributed by atoms with Crippen molar-refractivity contribution in [2.24, 2.45) is 0 Å². The van der Waals surface area contributed by atoms with Crippen LogP contribution < -0.4 is 14.8 Å². The van der Waals surface area contributed by atoms with Crippen molar-refractivity contribution in [2.75, 3.05) is 51.8 Å². The molecule has 1 saturated heterocycles. The van der Waals surface area contributed by atoms with Crippen molar-refractivity contribution in [1.82, 2.24) is 9.80 Å². The van der Waals surface area contributed by atoms with E-state index in [1.165, 1.54) is 12.1 Å². The molecule has 1 heterocycles. The van der Waals surface area contributed by atoms with Gasteiger partial charge in [0.25, 0.3) is 0 Å². The Labute approximate surface area is 226 Å². The van der Waals surface area contributed by atoms with E-state index in [4.69, 9.17) is 14.2 Å². The minimum Gasteiger partial charge on any atom is -0.493 e. The lowest BCUT2D eigenvalue weighted by Crippen LogP contribution is -2.44. The summed E-state index contributed by atoms with van der Waals surface area (Å²) in [7, 11) is 1.57. The number of amides is 2. The van der Waals surface area contributed by atoms with Gasteiger partial charge in [0.05, 0.1) is 25.9 Å². The van der Waals surface area contributed by atoms with E-state index >= 15 is 0 Å². The van der Waals surface area contributed by atoms with Crippen LogP contribution in [0.4, 0.5) is 23.7 Å². The number of nitrogens with one attached hydrogen (secondary N) is 1. The summed E-state index contributed by atoms with van der Waals surface area (Å²) in [6, 6.07) is 19.2. The zero-order chi connectivity index (χ0) is 27.7. The van der Waals surface area contributed by atoms with Gasteiger partial charge in [-0.1, -0.05) is 36.4 Å². The molecule has 39 heavy (non-hydrogen) atoms. The van der Waals surface area contributed by atoms with Crippen LogP contribution in [0.25, 0.3) is 0 Å². The van der Waals surface area contributed by atoms with Crippen molar-refractivity contribution in [3.63, 3.8) is 0 Å². The number of alkyl halides is 3. The van der Waals surface area contributed by atoms with Crippen LogP contribution in [0.15, 0.2) is 72.8 Å². The molecule has 1 aliphatic rings. The number of benzene rings is 3. The zero-order valence-corrected chi connectivity index (χ0v) is 21.7. The lowest BCUT2D eigenvalue weighted by molar-refractivity contribution is -0.137. The number of hydrogen-bond acceptors (Lipinski definition) is 5. The normalized spacial score (nSPS) is 14.1. The van der Waals surface area contributed by atoms with E-state index in [0.717, 1.165) is 36.3 Å². The molecule has 10 heteroatoms. The Morgan fingerprint density at radius 3 is 2.36 bits per heavy atom. The molecule has 1 N–H and O–H groups in total. The monoisotopic (exact) mass is 543 g/mol. The lowest BCUT2D eigenvalue weighted by atomic mass is 10.1. The minimum atomic E-state index is -4.44. The number of morpholine rings is 1. The average Bonchev–Trinajstić information content (AvgIpc) is 2.95. The maximum atomic E-state index is 13.3. The first kappa shape index (κ1) is 28.3. The highest BCUT2D eigenvalue weighted by Crippen LogP contribution is 2.31. The number of anilines is 1. The summed E-state index contributed by atoms with van der Waals surface area (Å²) in [5.41, 5.74) is 1.34. The summed E-state index contributed by atoms with van der Waals surface area (Å²) in [5.74, 6) is 1.12. The Morgan fingerprint density at radius 2 is 1.69 bits per heavy atom. The minimum absolute atomic E-state index is 0.266. The van der Waals surface area contributed by atoms with Gasteiger partial charge in [-0.2, -0.15) is 13.2 Å². The second-order valence-corrected chi connectivity index (χ2v) is 9.14. The van der Waals surface area contributed by atoms with E-state index in [2.05, 4.69) is 10.2 Å². The Bertz CT molecular complexity index is 1200. The molecule has 0 unspecified atom stereocenters. The van der Waals surface area contributed by atoms with E-state index in [-0.39, 0.29) is 12.2 Å². The first-order valence-electron chi connectivity index (χ1n) is 12.7. The molecule has 0 aromatic heterocycles. The maximum Gasteiger partial charge on any atom is 0.416 e. The number of urea groups is 1. The molecule has 4 rings (SSSR count). The highest BCUT2D eigenvalue weighted by Gasteiger charge is 2.30. The predicted octanol–water partition coefficient (Wildman–Crippen LogP) is 5.66. The van der Waals surface area contributed by atoms with Crippen LogP contribution in [-0.4, -0.2) is 62.3 Å². The van der Waals surface area contributed by atoms with Crippen LogP contribution in [0, 0.1) is 0 Å². The van der Waals surface area contributed by atoms with Gasteiger partial charge in [-0.25, -0.2) is 4.79 Å². The smallest absolute Gasteiger partial charge is 0.416 e. The molecule has 0 radical (unpaired) electrons. The number of halogens is 3. The molecule has 0 spiro atoms. The Balaban J connectivity index is 1.48. The summed E-state index contributed by atoms with van der Waals surface area (Å²) in [4.78, 5) is 17.1. The topological polar surface area (TPSA) is 63.3 Å². The third-order valence-electron chi connectivity index (χ3n) is 6.38. The fraction of sp³-hybridized carbons (Fsp3) is 0.345. The third-order valence-corrected chi connectivity index (χ3v) is 6.38. The first-order chi connectivity index (χ1) is 18.8. The molecular formula is C29H32F3N3O4. The number of methoxy groups -OCH3 is 1. The quantitative estimate of drug-likeness (QED) is 0.358. The van der Waals surface area contributed by atoms with Gasteiger partial charge in [-0.05, 0) is 47.5 Å². The molecule has 7 nitrogen and oxygen atoms in total. The summed E-state index contributed by atoms with van der Waals surface area (Å²) in [5, 5.41) is 2.73. The standard InChI is InChI=1S/C29H32F3N3O4/c1-37-26-12-7-23(19-27(26)39-21-22-5-3-2-4-6-22)20-35(14-13-34-15-17-38-18-16-34)28(36)33-25-10-8-24(9-11-25)29(30,31)32/h2-12,19H,13-18,20-21H2,1H3,(H,33,36). The molecule has 3 aromatic rings. The van der Waals surface area contributed by atoms with Crippen LogP contribution >= 0.6 is 0 Å². The van der Waals surface area contributed by atoms with Crippen molar-refractivity contribution in [3.05, 3.63) is 89.5 Å². The van der Waals surface area contributed by atoms with Crippen molar-refractivity contribution in [2.45, 2.75) is 19.3 Å². The van der Waals surface area contributed by atoms with Gasteiger partial charge in [0.1, 0.15) is 6.61 Å². The second-order valence-electron chi connectivity index (χ2n) is 9.14. The number of rotatable bonds is 10. The zero-order valence-electron chi connectivity index (χ0n) is 21.7. The van der Waals surface area contributed by atoms with Crippen molar-refractivity contribution in [3.8, 4) is 11.5 Å². The second kappa shape index (κ2) is 13.3. The fourth-order valence-corrected chi connectivity index (χ4v) is 4.17.